The summed E-state index contributed by atoms with van der Waals surface area (Å²) in [7, 11) is 0. The number of aryl methyl sites for hydroxylation is 2. The summed E-state index contributed by atoms with van der Waals surface area (Å²) in [5.41, 5.74) is 1.22. The second-order valence-corrected chi connectivity index (χ2v) is 5.91. The lowest BCUT2D eigenvalue weighted by molar-refractivity contribution is -0.116. The summed E-state index contributed by atoms with van der Waals surface area (Å²) in [5, 5.41) is 0. The van der Waals surface area contributed by atoms with Crippen LogP contribution in [0.2, 0.25) is 0 Å². The molecule has 0 fully saturated rings. The number of aromatic nitrogens is 2. The second kappa shape index (κ2) is 7.29. The quantitative estimate of drug-likeness (QED) is 0.731. The Morgan fingerprint density at radius 1 is 1.40 bits per heavy atom. The minimum atomic E-state index is 0.222. The van der Waals surface area contributed by atoms with E-state index in [0.29, 0.717) is 12.2 Å². The molecule has 0 saturated carbocycles. The van der Waals surface area contributed by atoms with Crippen LogP contribution < -0.4 is 0 Å². The van der Waals surface area contributed by atoms with Crippen LogP contribution in [0.5, 0.6) is 0 Å². The molecule has 1 aromatic heterocycles. The van der Waals surface area contributed by atoms with E-state index in [1.807, 2.05) is 18.3 Å². The molecule has 2 aromatic rings. The van der Waals surface area contributed by atoms with E-state index in [2.05, 4.69) is 35.5 Å². The van der Waals surface area contributed by atoms with Gasteiger partial charge in [-0.1, -0.05) is 24.6 Å². The van der Waals surface area contributed by atoms with E-state index in [4.69, 9.17) is 0 Å². The second-order valence-electron chi connectivity index (χ2n) is 4.86. The standard InChI is InChI=1S/C16H20N2OS/c1-3-8-18-9-7-17-16(18)11-14(19)12-20-15-6-4-5-13(2)10-15/h4-7,9-10H,3,8,11-12H2,1-2H3. The molecule has 0 saturated heterocycles. The van der Waals surface area contributed by atoms with Crippen LogP contribution in [0.1, 0.15) is 24.7 Å². The lowest BCUT2D eigenvalue weighted by Gasteiger charge is -2.06. The van der Waals surface area contributed by atoms with Crippen molar-refractivity contribution >= 4 is 17.5 Å². The number of carbonyl (C=O) groups is 1. The average Bonchev–Trinajstić information content (AvgIpc) is 2.84. The first-order valence-electron chi connectivity index (χ1n) is 6.90. The highest BCUT2D eigenvalue weighted by atomic mass is 32.2. The number of thioether (sulfide) groups is 1. The first-order valence-corrected chi connectivity index (χ1v) is 7.88. The van der Waals surface area contributed by atoms with Gasteiger partial charge in [-0.3, -0.25) is 4.79 Å². The molecule has 4 heteroatoms. The molecule has 0 amide bonds. The highest BCUT2D eigenvalue weighted by Crippen LogP contribution is 2.19. The molecule has 0 bridgehead atoms. The Hall–Kier alpha value is -1.55. The molecule has 0 aliphatic heterocycles. The van der Waals surface area contributed by atoms with E-state index in [-0.39, 0.29) is 5.78 Å². The molecule has 0 radical (unpaired) electrons. The Balaban J connectivity index is 1.88. The number of hydrogen-bond acceptors (Lipinski definition) is 3. The third-order valence-electron chi connectivity index (χ3n) is 3.01. The minimum Gasteiger partial charge on any atom is -0.335 e. The Morgan fingerprint density at radius 3 is 3.00 bits per heavy atom. The summed E-state index contributed by atoms with van der Waals surface area (Å²) >= 11 is 1.60. The summed E-state index contributed by atoms with van der Waals surface area (Å²) in [6.45, 7) is 5.11. The van der Waals surface area contributed by atoms with Gasteiger partial charge in [-0.15, -0.1) is 11.8 Å². The van der Waals surface area contributed by atoms with Crippen LogP contribution in [0.25, 0.3) is 0 Å². The van der Waals surface area contributed by atoms with Crippen molar-refractivity contribution in [1.29, 1.82) is 0 Å². The molecule has 3 nitrogen and oxygen atoms in total. The van der Waals surface area contributed by atoms with Crippen LogP contribution in [0.15, 0.2) is 41.6 Å². The van der Waals surface area contributed by atoms with Gasteiger partial charge in [0, 0.05) is 23.8 Å². The van der Waals surface area contributed by atoms with Crippen LogP contribution in [0.4, 0.5) is 0 Å². The maximum atomic E-state index is 12.1. The molecular formula is C16H20N2OS. The number of imidazole rings is 1. The number of rotatable bonds is 7. The molecule has 0 spiro atoms. The molecular weight excluding hydrogens is 268 g/mol. The first kappa shape index (κ1) is 14.9. The maximum Gasteiger partial charge on any atom is 0.150 e. The maximum absolute atomic E-state index is 12.1. The Bertz CT molecular complexity index is 577. The van der Waals surface area contributed by atoms with Crippen molar-refractivity contribution in [3.05, 3.63) is 48.0 Å². The van der Waals surface area contributed by atoms with Crippen molar-refractivity contribution in [1.82, 2.24) is 9.55 Å². The van der Waals surface area contributed by atoms with E-state index < -0.39 is 0 Å². The monoisotopic (exact) mass is 288 g/mol. The van der Waals surface area contributed by atoms with Crippen molar-refractivity contribution in [2.45, 2.75) is 38.1 Å². The van der Waals surface area contributed by atoms with E-state index in [1.54, 1.807) is 18.0 Å². The molecule has 0 unspecified atom stereocenters. The van der Waals surface area contributed by atoms with E-state index in [0.717, 1.165) is 23.7 Å². The molecule has 0 atom stereocenters. The Labute approximate surface area is 124 Å². The van der Waals surface area contributed by atoms with Crippen molar-refractivity contribution in [3.8, 4) is 0 Å². The topological polar surface area (TPSA) is 34.9 Å². The third-order valence-corrected chi connectivity index (χ3v) is 4.06. The Kier molecular flexibility index (Phi) is 5.41. The summed E-state index contributed by atoms with van der Waals surface area (Å²) in [4.78, 5) is 17.5. The first-order chi connectivity index (χ1) is 9.69. The summed E-state index contributed by atoms with van der Waals surface area (Å²) in [5.74, 6) is 1.60. The SMILES string of the molecule is CCCn1ccnc1CC(=O)CSc1cccc(C)c1. The van der Waals surface area contributed by atoms with E-state index in [1.165, 1.54) is 5.56 Å². The molecule has 0 N–H and O–H groups in total. The van der Waals surface area contributed by atoms with Crippen LogP contribution in [-0.4, -0.2) is 21.1 Å². The van der Waals surface area contributed by atoms with Gasteiger partial charge in [-0.2, -0.15) is 0 Å². The number of nitrogens with zero attached hydrogens (tertiary/aromatic N) is 2. The normalized spacial score (nSPS) is 10.7. The van der Waals surface area contributed by atoms with Crippen LogP contribution in [0.3, 0.4) is 0 Å². The van der Waals surface area contributed by atoms with Gasteiger partial charge in [0.2, 0.25) is 0 Å². The number of Topliss-reactive ketones (excluding diaryl/α,β-unsaturated/α-hetero) is 1. The number of benzene rings is 1. The predicted octanol–water partition coefficient (Wildman–Crippen LogP) is 3.51. The van der Waals surface area contributed by atoms with Gasteiger partial charge in [0.25, 0.3) is 0 Å². The summed E-state index contributed by atoms with van der Waals surface area (Å²) in [6, 6.07) is 8.24. The van der Waals surface area contributed by atoms with E-state index >= 15 is 0 Å². The molecule has 106 valence electrons. The highest BCUT2D eigenvalue weighted by molar-refractivity contribution is 8.00. The van der Waals surface area contributed by atoms with Crippen LogP contribution in [-0.2, 0) is 17.8 Å². The molecule has 1 heterocycles. The van der Waals surface area contributed by atoms with Crippen LogP contribution in [0, 0.1) is 6.92 Å². The molecule has 1 aromatic carbocycles. The number of hydrogen-bond donors (Lipinski definition) is 0. The van der Waals surface area contributed by atoms with Crippen molar-refractivity contribution < 1.29 is 4.79 Å². The fourth-order valence-corrected chi connectivity index (χ4v) is 2.92. The van der Waals surface area contributed by atoms with Gasteiger partial charge in [0.05, 0.1) is 12.2 Å². The predicted molar refractivity (Wildman–Crippen MR) is 83.1 cm³/mol. The molecule has 0 aliphatic rings. The largest absolute Gasteiger partial charge is 0.335 e. The zero-order valence-corrected chi connectivity index (χ0v) is 12.8. The zero-order chi connectivity index (χ0) is 14.4. The highest BCUT2D eigenvalue weighted by Gasteiger charge is 2.09. The fourth-order valence-electron chi connectivity index (χ4n) is 2.05. The van der Waals surface area contributed by atoms with E-state index in [9.17, 15) is 4.79 Å². The minimum absolute atomic E-state index is 0.222. The lowest BCUT2D eigenvalue weighted by Crippen LogP contribution is -2.11. The van der Waals surface area contributed by atoms with Gasteiger partial charge in [0.1, 0.15) is 5.82 Å². The number of ketones is 1. The molecule has 2 rings (SSSR count). The van der Waals surface area contributed by atoms with Gasteiger partial charge < -0.3 is 4.57 Å². The summed E-state index contributed by atoms with van der Waals surface area (Å²) < 4.78 is 2.06. The van der Waals surface area contributed by atoms with Gasteiger partial charge in [-0.25, -0.2) is 4.98 Å². The Morgan fingerprint density at radius 2 is 2.25 bits per heavy atom. The zero-order valence-electron chi connectivity index (χ0n) is 12.0. The van der Waals surface area contributed by atoms with Crippen molar-refractivity contribution in [3.63, 3.8) is 0 Å². The van der Waals surface area contributed by atoms with Crippen molar-refractivity contribution in [2.75, 3.05) is 5.75 Å². The fraction of sp³-hybridized carbons (Fsp3) is 0.375. The third kappa shape index (κ3) is 4.23. The van der Waals surface area contributed by atoms with Gasteiger partial charge in [-0.05, 0) is 25.5 Å². The van der Waals surface area contributed by atoms with Crippen molar-refractivity contribution in [2.24, 2.45) is 0 Å². The molecule has 20 heavy (non-hydrogen) atoms. The van der Waals surface area contributed by atoms with Gasteiger partial charge >= 0.3 is 0 Å². The van der Waals surface area contributed by atoms with Crippen LogP contribution >= 0.6 is 11.8 Å². The smallest absolute Gasteiger partial charge is 0.150 e. The number of carbonyl (C=O) groups excluding carboxylic acids is 1. The lowest BCUT2D eigenvalue weighted by atomic mass is 10.2. The average molecular weight is 288 g/mol. The summed E-state index contributed by atoms with van der Waals surface area (Å²) in [6.07, 6.45) is 5.19. The molecule has 0 aliphatic carbocycles. The van der Waals surface area contributed by atoms with Gasteiger partial charge in [0.15, 0.2) is 5.78 Å².